The molecule has 0 spiro atoms. The van der Waals surface area contributed by atoms with Crippen LogP contribution in [0, 0.1) is 11.7 Å². The van der Waals surface area contributed by atoms with Crippen molar-refractivity contribution in [3.05, 3.63) is 29.8 Å². The summed E-state index contributed by atoms with van der Waals surface area (Å²) in [7, 11) is 0. The van der Waals surface area contributed by atoms with Gasteiger partial charge < -0.3 is 5.11 Å². The van der Waals surface area contributed by atoms with Crippen LogP contribution in [0.4, 0.5) is 4.39 Å². The van der Waals surface area contributed by atoms with Crippen LogP contribution in [0.15, 0.2) is 18.5 Å². The van der Waals surface area contributed by atoms with Crippen molar-refractivity contribution in [1.29, 1.82) is 0 Å². The lowest BCUT2D eigenvalue weighted by atomic mass is 9.95. The summed E-state index contributed by atoms with van der Waals surface area (Å²) >= 11 is 0. The lowest BCUT2D eigenvalue weighted by molar-refractivity contribution is 0.142. The van der Waals surface area contributed by atoms with Gasteiger partial charge in [-0.25, -0.2) is 4.39 Å². The molecule has 2 heterocycles. The third-order valence-corrected chi connectivity index (χ3v) is 3.31. The smallest absolute Gasteiger partial charge is 0.141 e. The molecule has 0 saturated carbocycles. The Morgan fingerprint density at radius 3 is 3.12 bits per heavy atom. The van der Waals surface area contributed by atoms with Gasteiger partial charge >= 0.3 is 0 Å². The molecule has 2 rings (SSSR count). The third kappa shape index (κ3) is 3.75. The van der Waals surface area contributed by atoms with E-state index in [1.807, 2.05) is 0 Å². The van der Waals surface area contributed by atoms with Crippen LogP contribution in [0.2, 0.25) is 0 Å². The highest BCUT2D eigenvalue weighted by Crippen LogP contribution is 2.20. The van der Waals surface area contributed by atoms with E-state index in [4.69, 9.17) is 5.11 Å². The van der Waals surface area contributed by atoms with Gasteiger partial charge in [0.05, 0.1) is 6.20 Å². The first-order valence-electron chi connectivity index (χ1n) is 6.20. The molecule has 0 bridgehead atoms. The average molecular weight is 238 g/mol. The van der Waals surface area contributed by atoms with E-state index >= 15 is 0 Å². The molecule has 1 aromatic rings. The summed E-state index contributed by atoms with van der Waals surface area (Å²) in [6.07, 6.45) is 6.18. The second-order valence-corrected chi connectivity index (χ2v) is 4.77. The summed E-state index contributed by atoms with van der Waals surface area (Å²) in [6, 6.07) is 1.54. The summed E-state index contributed by atoms with van der Waals surface area (Å²) in [5, 5.41) is 8.95. The fourth-order valence-electron chi connectivity index (χ4n) is 2.51. The van der Waals surface area contributed by atoms with Crippen LogP contribution < -0.4 is 0 Å². The SMILES string of the molecule is OCCC1CCCN(Cc2cncc(F)c2)C1. The largest absolute Gasteiger partial charge is 0.396 e. The van der Waals surface area contributed by atoms with Crippen molar-refractivity contribution in [1.82, 2.24) is 9.88 Å². The Morgan fingerprint density at radius 1 is 1.47 bits per heavy atom. The number of aliphatic hydroxyl groups is 1. The molecule has 1 saturated heterocycles. The Balaban J connectivity index is 1.90. The Hall–Kier alpha value is -1.00. The topological polar surface area (TPSA) is 36.4 Å². The van der Waals surface area contributed by atoms with Gasteiger partial charge in [0.2, 0.25) is 0 Å². The maximum Gasteiger partial charge on any atom is 0.141 e. The van der Waals surface area contributed by atoms with Crippen molar-refractivity contribution >= 4 is 0 Å². The molecule has 1 aliphatic rings. The molecular formula is C13H19FN2O. The summed E-state index contributed by atoms with van der Waals surface area (Å²) in [6.45, 7) is 3.07. The number of hydrogen-bond acceptors (Lipinski definition) is 3. The Morgan fingerprint density at radius 2 is 2.35 bits per heavy atom. The second-order valence-electron chi connectivity index (χ2n) is 4.77. The first-order chi connectivity index (χ1) is 8.28. The van der Waals surface area contributed by atoms with E-state index in [1.165, 1.54) is 12.6 Å². The van der Waals surface area contributed by atoms with E-state index in [2.05, 4.69) is 9.88 Å². The molecule has 1 aromatic heterocycles. The number of piperidine rings is 1. The van der Waals surface area contributed by atoms with Crippen LogP contribution in [-0.4, -0.2) is 34.7 Å². The lowest BCUT2D eigenvalue weighted by Gasteiger charge is -2.32. The minimum atomic E-state index is -0.272. The standard InChI is InChI=1S/C13H19FN2O/c14-13-6-12(7-15-8-13)10-16-4-1-2-11(9-16)3-5-17/h6-8,11,17H,1-5,9-10H2. The molecule has 1 N–H and O–H groups in total. The predicted molar refractivity (Wildman–Crippen MR) is 63.9 cm³/mol. The molecule has 0 aromatic carbocycles. The number of pyridine rings is 1. The first-order valence-corrected chi connectivity index (χ1v) is 6.20. The van der Waals surface area contributed by atoms with Crippen molar-refractivity contribution in [2.24, 2.45) is 5.92 Å². The highest BCUT2D eigenvalue weighted by atomic mass is 19.1. The van der Waals surface area contributed by atoms with Crippen LogP contribution in [0.25, 0.3) is 0 Å². The van der Waals surface area contributed by atoms with E-state index < -0.39 is 0 Å². The molecule has 1 fully saturated rings. The van der Waals surface area contributed by atoms with Gasteiger partial charge in [-0.15, -0.1) is 0 Å². The van der Waals surface area contributed by atoms with E-state index in [9.17, 15) is 4.39 Å². The molecule has 0 amide bonds. The number of aromatic nitrogens is 1. The van der Waals surface area contributed by atoms with Crippen molar-refractivity contribution < 1.29 is 9.50 Å². The van der Waals surface area contributed by atoms with Crippen LogP contribution in [0.1, 0.15) is 24.8 Å². The summed E-state index contributed by atoms with van der Waals surface area (Å²) in [5.41, 5.74) is 0.926. The van der Waals surface area contributed by atoms with Crippen LogP contribution in [0.5, 0.6) is 0 Å². The minimum Gasteiger partial charge on any atom is -0.396 e. The van der Waals surface area contributed by atoms with E-state index in [1.54, 1.807) is 12.3 Å². The number of likely N-dealkylation sites (tertiary alicyclic amines) is 1. The van der Waals surface area contributed by atoms with Crippen molar-refractivity contribution in [2.75, 3.05) is 19.7 Å². The van der Waals surface area contributed by atoms with Crippen molar-refractivity contribution in [3.63, 3.8) is 0 Å². The highest BCUT2D eigenvalue weighted by Gasteiger charge is 2.19. The fourth-order valence-corrected chi connectivity index (χ4v) is 2.51. The number of aliphatic hydroxyl groups excluding tert-OH is 1. The number of halogens is 1. The zero-order valence-electron chi connectivity index (χ0n) is 9.98. The Kier molecular flexibility index (Phi) is 4.45. The van der Waals surface area contributed by atoms with Gasteiger partial charge in [-0.3, -0.25) is 9.88 Å². The lowest BCUT2D eigenvalue weighted by Crippen LogP contribution is -2.35. The first kappa shape index (κ1) is 12.5. The van der Waals surface area contributed by atoms with Crippen LogP contribution >= 0.6 is 0 Å². The monoisotopic (exact) mass is 238 g/mol. The van der Waals surface area contributed by atoms with Crippen LogP contribution in [0.3, 0.4) is 0 Å². The molecular weight excluding hydrogens is 219 g/mol. The Bertz CT molecular complexity index is 357. The molecule has 4 heteroatoms. The molecule has 1 unspecified atom stereocenters. The molecule has 94 valence electrons. The van der Waals surface area contributed by atoms with Crippen LogP contribution in [-0.2, 0) is 6.54 Å². The van der Waals surface area contributed by atoms with Gasteiger partial charge in [0.1, 0.15) is 5.82 Å². The van der Waals surface area contributed by atoms with Gasteiger partial charge in [-0.05, 0) is 43.4 Å². The van der Waals surface area contributed by atoms with Gasteiger partial charge in [0.15, 0.2) is 0 Å². The highest BCUT2D eigenvalue weighted by molar-refractivity contribution is 5.10. The molecule has 0 radical (unpaired) electrons. The molecule has 3 nitrogen and oxygen atoms in total. The number of hydrogen-bond donors (Lipinski definition) is 1. The molecule has 17 heavy (non-hydrogen) atoms. The maximum absolute atomic E-state index is 13.0. The molecule has 0 aliphatic carbocycles. The average Bonchev–Trinajstić information content (AvgIpc) is 2.30. The quantitative estimate of drug-likeness (QED) is 0.869. The second kappa shape index (κ2) is 6.07. The minimum absolute atomic E-state index is 0.264. The third-order valence-electron chi connectivity index (χ3n) is 3.31. The number of nitrogens with zero attached hydrogens (tertiary/aromatic N) is 2. The number of rotatable bonds is 4. The Labute approximate surface area is 101 Å². The summed E-state index contributed by atoms with van der Waals surface area (Å²) < 4.78 is 13.0. The normalized spacial score (nSPS) is 21.6. The van der Waals surface area contributed by atoms with Crippen molar-refractivity contribution in [3.8, 4) is 0 Å². The van der Waals surface area contributed by atoms with E-state index in [0.717, 1.165) is 38.0 Å². The predicted octanol–water partition coefficient (Wildman–Crippen LogP) is 1.82. The van der Waals surface area contributed by atoms with Crippen molar-refractivity contribution in [2.45, 2.75) is 25.8 Å². The molecule has 1 atom stereocenters. The summed E-state index contributed by atoms with van der Waals surface area (Å²) in [4.78, 5) is 6.18. The van der Waals surface area contributed by atoms with Gasteiger partial charge in [-0.1, -0.05) is 0 Å². The zero-order chi connectivity index (χ0) is 12.1. The van der Waals surface area contributed by atoms with Gasteiger partial charge in [-0.2, -0.15) is 0 Å². The molecule has 1 aliphatic heterocycles. The summed E-state index contributed by atoms with van der Waals surface area (Å²) in [5.74, 6) is 0.307. The van der Waals surface area contributed by atoms with Gasteiger partial charge in [0.25, 0.3) is 0 Å². The maximum atomic E-state index is 13.0. The van der Waals surface area contributed by atoms with Gasteiger partial charge in [0, 0.05) is 25.9 Å². The van der Waals surface area contributed by atoms with E-state index in [0.29, 0.717) is 5.92 Å². The fraction of sp³-hybridized carbons (Fsp3) is 0.615. The van der Waals surface area contributed by atoms with E-state index in [-0.39, 0.29) is 12.4 Å². The zero-order valence-corrected chi connectivity index (χ0v) is 9.98.